The van der Waals surface area contributed by atoms with Crippen LogP contribution >= 0.6 is 0 Å². The van der Waals surface area contributed by atoms with Gasteiger partial charge in [0.1, 0.15) is 0 Å². The highest BCUT2D eigenvalue weighted by Gasteiger charge is 2.49. The van der Waals surface area contributed by atoms with Gasteiger partial charge in [0.25, 0.3) is 5.78 Å². The van der Waals surface area contributed by atoms with Gasteiger partial charge in [0, 0.05) is 5.39 Å². The number of benzene rings is 1. The van der Waals surface area contributed by atoms with Crippen LogP contribution in [0.3, 0.4) is 0 Å². The van der Waals surface area contributed by atoms with E-state index >= 15 is 0 Å². The lowest BCUT2D eigenvalue weighted by molar-refractivity contribution is -0.132. The minimum atomic E-state index is -3.69. The van der Waals surface area contributed by atoms with Crippen molar-refractivity contribution in [2.45, 2.75) is 19.4 Å². The van der Waals surface area contributed by atoms with Crippen molar-refractivity contribution in [3.8, 4) is 0 Å². The maximum absolute atomic E-state index is 12.4. The molecule has 0 radical (unpaired) electrons. The second-order valence-corrected chi connectivity index (χ2v) is 7.55. The molecule has 1 aromatic carbocycles. The van der Waals surface area contributed by atoms with Crippen LogP contribution in [0.4, 0.5) is 0 Å². The number of aromatic nitrogens is 1. The third-order valence-corrected chi connectivity index (χ3v) is 5.14. The molecule has 0 aliphatic carbocycles. The zero-order valence-corrected chi connectivity index (χ0v) is 13.9. The van der Waals surface area contributed by atoms with Crippen LogP contribution in [-0.4, -0.2) is 30.0 Å². The van der Waals surface area contributed by atoms with Crippen molar-refractivity contribution in [3.63, 3.8) is 0 Å². The van der Waals surface area contributed by atoms with Gasteiger partial charge in [-0.1, -0.05) is 24.3 Å². The molecule has 2 aromatic rings. The van der Waals surface area contributed by atoms with Gasteiger partial charge in [-0.15, -0.1) is 0 Å². The zero-order chi connectivity index (χ0) is 17.5. The van der Waals surface area contributed by atoms with Crippen molar-refractivity contribution in [2.75, 3.05) is 5.75 Å². The highest BCUT2D eigenvalue weighted by Crippen LogP contribution is 2.36. The summed E-state index contributed by atoms with van der Waals surface area (Å²) in [6.07, 6.45) is 0. The second-order valence-electron chi connectivity index (χ2n) is 5.54. The van der Waals surface area contributed by atoms with Crippen LogP contribution in [0.2, 0.25) is 0 Å². The molecule has 24 heavy (non-hydrogen) atoms. The molecule has 0 amide bonds. The topological polar surface area (TPSA) is 106 Å². The number of rotatable bonds is 4. The Morgan fingerprint density at radius 2 is 1.96 bits per heavy atom. The third kappa shape index (κ3) is 2.58. The largest absolute Gasteiger partial charge is 0.501 e. The van der Waals surface area contributed by atoms with Crippen LogP contribution in [-0.2, 0) is 25.2 Å². The monoisotopic (exact) mass is 348 g/mol. The number of aliphatic hydroxyl groups excluding tert-OH is 1. The highest BCUT2D eigenvalue weighted by molar-refractivity contribution is 7.89. The summed E-state index contributed by atoms with van der Waals surface area (Å²) in [5, 5.41) is 10.9. The minimum Gasteiger partial charge on any atom is -0.501 e. The van der Waals surface area contributed by atoms with Gasteiger partial charge in [0.15, 0.2) is 0 Å². The molecule has 1 aliphatic heterocycles. The number of hydrogen-bond acceptors (Lipinski definition) is 6. The molecule has 2 N–H and O–H groups in total. The van der Waals surface area contributed by atoms with E-state index in [9.17, 15) is 18.3 Å². The van der Waals surface area contributed by atoms with Gasteiger partial charge >= 0.3 is 0 Å². The number of carbonyl (C=O) groups is 1. The molecule has 1 aromatic heterocycles. The smallest absolute Gasteiger partial charge is 0.252 e. The lowest BCUT2D eigenvalue weighted by Gasteiger charge is -2.22. The molecule has 126 valence electrons. The number of para-hydroxylation sites is 1. The number of ether oxygens (including phenoxy) is 1. The Hall–Kier alpha value is -2.61. The molecule has 3 rings (SSSR count). The fraction of sp³-hybridized carbons (Fsp3) is 0.250. The number of nitrogens with zero attached hydrogens (tertiary/aromatic N) is 1. The van der Waals surface area contributed by atoms with Crippen molar-refractivity contribution in [2.24, 2.45) is 0 Å². The number of carbonyl (C=O) groups excluding carboxylic acids is 1. The molecule has 7 nitrogen and oxygen atoms in total. The van der Waals surface area contributed by atoms with E-state index in [1.54, 1.807) is 18.2 Å². The lowest BCUT2D eigenvalue weighted by atomic mass is 9.95. The first-order valence-corrected chi connectivity index (χ1v) is 8.96. The molecule has 0 fully saturated rings. The van der Waals surface area contributed by atoms with Crippen LogP contribution in [0.1, 0.15) is 19.5 Å². The number of sulfonamides is 1. The van der Waals surface area contributed by atoms with Gasteiger partial charge in [-0.2, -0.15) is 0 Å². The van der Waals surface area contributed by atoms with Crippen molar-refractivity contribution in [3.05, 3.63) is 53.7 Å². The molecule has 0 saturated carbocycles. The van der Waals surface area contributed by atoms with Gasteiger partial charge in [-0.05, 0) is 26.0 Å². The average Bonchev–Trinajstić information content (AvgIpc) is 2.79. The van der Waals surface area contributed by atoms with Gasteiger partial charge in [-0.3, -0.25) is 9.52 Å². The molecular formula is C16H16N2O5S. The van der Waals surface area contributed by atoms with E-state index < -0.39 is 33.0 Å². The molecule has 0 bridgehead atoms. The summed E-state index contributed by atoms with van der Waals surface area (Å²) in [5.74, 6) is -2.20. The third-order valence-electron chi connectivity index (χ3n) is 3.89. The Labute approximate surface area is 139 Å². The Bertz CT molecular complexity index is 967. The van der Waals surface area contributed by atoms with Gasteiger partial charge in [0.05, 0.1) is 17.0 Å². The fourth-order valence-electron chi connectivity index (χ4n) is 2.41. The Morgan fingerprint density at radius 3 is 2.67 bits per heavy atom. The summed E-state index contributed by atoms with van der Waals surface area (Å²) in [4.78, 5) is 16.8. The molecule has 0 saturated heterocycles. The first kappa shape index (κ1) is 16.3. The van der Waals surface area contributed by atoms with E-state index in [1.807, 2.05) is 18.2 Å². The summed E-state index contributed by atoms with van der Waals surface area (Å²) < 4.78 is 30.9. The molecule has 0 spiro atoms. The fourth-order valence-corrected chi connectivity index (χ4v) is 2.98. The molecule has 2 heterocycles. The standard InChI is InChI=1S/C16H16N2O5S/c1-3-24(21,22)18-15-13(19)14(20)16(2,23-15)12-9-8-10-6-4-5-7-11(10)17-12/h4-9,18-19H,3H2,1-2H3. The SMILES string of the molecule is CCS(=O)(=O)NC1=C(O)C(=O)C(C)(c2ccc3ccccc3n2)O1. The van der Waals surface area contributed by atoms with Gasteiger partial charge < -0.3 is 9.84 Å². The normalized spacial score (nSPS) is 21.2. The average molecular weight is 348 g/mol. The Balaban J connectivity index is 2.00. The van der Waals surface area contributed by atoms with Crippen molar-refractivity contribution in [1.29, 1.82) is 0 Å². The molecular weight excluding hydrogens is 332 g/mol. The van der Waals surface area contributed by atoms with Crippen LogP contribution in [0.25, 0.3) is 10.9 Å². The van der Waals surface area contributed by atoms with E-state index in [2.05, 4.69) is 9.71 Å². The Morgan fingerprint density at radius 1 is 1.25 bits per heavy atom. The van der Waals surface area contributed by atoms with Crippen molar-refractivity contribution >= 4 is 26.7 Å². The van der Waals surface area contributed by atoms with Gasteiger partial charge in [-0.25, -0.2) is 13.4 Å². The summed E-state index contributed by atoms with van der Waals surface area (Å²) in [7, 11) is -3.69. The molecule has 1 atom stereocenters. The van der Waals surface area contributed by atoms with Crippen LogP contribution in [0.15, 0.2) is 48.0 Å². The maximum atomic E-state index is 12.4. The summed E-state index contributed by atoms with van der Waals surface area (Å²) in [6, 6.07) is 10.7. The molecule has 1 unspecified atom stereocenters. The minimum absolute atomic E-state index is 0.216. The summed E-state index contributed by atoms with van der Waals surface area (Å²) in [5.41, 5.74) is -0.655. The Kier molecular flexibility index (Phi) is 3.71. The van der Waals surface area contributed by atoms with Gasteiger partial charge in [0.2, 0.25) is 27.3 Å². The van der Waals surface area contributed by atoms with Crippen molar-refractivity contribution < 1.29 is 23.1 Å². The zero-order valence-electron chi connectivity index (χ0n) is 13.1. The van der Waals surface area contributed by atoms with E-state index in [4.69, 9.17) is 4.74 Å². The number of Topliss-reactive ketones (excluding diaryl/α,β-unsaturated/α-hetero) is 1. The number of aliphatic hydroxyl groups is 1. The first-order chi connectivity index (χ1) is 11.3. The first-order valence-electron chi connectivity index (χ1n) is 7.30. The number of pyridine rings is 1. The predicted octanol–water partition coefficient (Wildman–Crippen LogP) is 1.72. The van der Waals surface area contributed by atoms with Crippen LogP contribution in [0.5, 0.6) is 0 Å². The van der Waals surface area contributed by atoms with Crippen molar-refractivity contribution in [1.82, 2.24) is 9.71 Å². The summed E-state index contributed by atoms with van der Waals surface area (Å²) >= 11 is 0. The quantitative estimate of drug-likeness (QED) is 0.871. The summed E-state index contributed by atoms with van der Waals surface area (Å²) in [6.45, 7) is 2.87. The maximum Gasteiger partial charge on any atom is 0.252 e. The number of ketones is 1. The molecule has 8 heteroatoms. The second kappa shape index (κ2) is 5.48. The van der Waals surface area contributed by atoms with E-state index in [1.165, 1.54) is 13.8 Å². The van der Waals surface area contributed by atoms with Crippen LogP contribution in [0, 0.1) is 0 Å². The van der Waals surface area contributed by atoms with E-state index in [0.717, 1.165) is 5.39 Å². The number of hydrogen-bond donors (Lipinski definition) is 2. The molecule has 1 aliphatic rings. The lowest BCUT2D eigenvalue weighted by Crippen LogP contribution is -2.33. The number of fused-ring (bicyclic) bond motifs is 1. The van der Waals surface area contributed by atoms with E-state index in [-0.39, 0.29) is 11.4 Å². The predicted molar refractivity (Wildman–Crippen MR) is 87.4 cm³/mol. The van der Waals surface area contributed by atoms with Crippen LogP contribution < -0.4 is 4.72 Å². The highest BCUT2D eigenvalue weighted by atomic mass is 32.2. The number of nitrogens with one attached hydrogen (secondary N) is 1. The van der Waals surface area contributed by atoms with E-state index in [0.29, 0.717) is 5.52 Å².